The molecule has 0 aliphatic carbocycles. The molecule has 1 aromatic rings. The molecule has 1 atom stereocenters. The van der Waals surface area contributed by atoms with E-state index in [9.17, 15) is 5.11 Å². The van der Waals surface area contributed by atoms with Crippen molar-refractivity contribution >= 4 is 5.69 Å². The third kappa shape index (κ3) is 1.78. The quantitative estimate of drug-likeness (QED) is 0.429. The van der Waals surface area contributed by atoms with Crippen molar-refractivity contribution in [3.05, 3.63) is 42.5 Å². The van der Waals surface area contributed by atoms with Crippen LogP contribution in [0.15, 0.2) is 36.9 Å². The van der Waals surface area contributed by atoms with Crippen LogP contribution in [0.4, 0.5) is 5.69 Å². The highest BCUT2D eigenvalue weighted by molar-refractivity contribution is 5.52. The standard InChI is InChI=1S/C12H13NO/c1-3-9-12(14,4-2)10-7-5-6-8-11(10)13/h2-3,5-8,14H,1,9,13H2. The van der Waals surface area contributed by atoms with Gasteiger partial charge in [-0.25, -0.2) is 0 Å². The van der Waals surface area contributed by atoms with Gasteiger partial charge in [-0.05, 0) is 6.07 Å². The number of hydrogen-bond donors (Lipinski definition) is 2. The molecular weight excluding hydrogens is 174 g/mol. The zero-order chi connectivity index (χ0) is 10.6. The largest absolute Gasteiger partial charge is 0.398 e. The zero-order valence-corrected chi connectivity index (χ0v) is 7.90. The molecule has 1 unspecified atom stereocenters. The number of aliphatic hydroxyl groups is 1. The second-order valence-corrected chi connectivity index (χ2v) is 3.08. The lowest BCUT2D eigenvalue weighted by atomic mass is 9.90. The Hall–Kier alpha value is -1.72. The van der Waals surface area contributed by atoms with Crippen LogP contribution in [0.3, 0.4) is 0 Å². The van der Waals surface area contributed by atoms with Crippen LogP contribution in [0.25, 0.3) is 0 Å². The summed E-state index contributed by atoms with van der Waals surface area (Å²) in [4.78, 5) is 0. The average Bonchev–Trinajstić information content (AvgIpc) is 2.18. The Morgan fingerprint density at radius 3 is 2.71 bits per heavy atom. The Labute approximate surface area is 84.1 Å². The van der Waals surface area contributed by atoms with Crippen LogP contribution in [-0.4, -0.2) is 5.11 Å². The number of benzene rings is 1. The van der Waals surface area contributed by atoms with Crippen LogP contribution < -0.4 is 5.73 Å². The van der Waals surface area contributed by atoms with E-state index in [0.29, 0.717) is 11.3 Å². The molecule has 0 amide bonds. The minimum Gasteiger partial charge on any atom is -0.398 e. The Morgan fingerprint density at radius 1 is 1.57 bits per heavy atom. The van der Waals surface area contributed by atoms with Crippen molar-refractivity contribution in [2.45, 2.75) is 12.0 Å². The summed E-state index contributed by atoms with van der Waals surface area (Å²) in [5.41, 5.74) is 5.44. The van der Waals surface area contributed by atoms with Crippen molar-refractivity contribution in [2.75, 3.05) is 5.73 Å². The van der Waals surface area contributed by atoms with Crippen LogP contribution in [0.2, 0.25) is 0 Å². The Balaban J connectivity index is 3.20. The molecule has 2 heteroatoms. The number of anilines is 1. The fraction of sp³-hybridized carbons (Fsp3) is 0.167. The number of hydrogen-bond acceptors (Lipinski definition) is 2. The summed E-state index contributed by atoms with van der Waals surface area (Å²) in [5.74, 6) is 2.34. The zero-order valence-electron chi connectivity index (χ0n) is 7.90. The molecule has 0 spiro atoms. The van der Waals surface area contributed by atoms with Gasteiger partial charge in [-0.1, -0.05) is 30.2 Å². The highest BCUT2D eigenvalue weighted by atomic mass is 16.3. The predicted octanol–water partition coefficient (Wildman–Crippen LogP) is 1.67. The first-order valence-corrected chi connectivity index (χ1v) is 4.30. The summed E-state index contributed by atoms with van der Waals surface area (Å²) in [6.45, 7) is 3.55. The van der Waals surface area contributed by atoms with Gasteiger partial charge in [0.1, 0.15) is 0 Å². The predicted molar refractivity (Wildman–Crippen MR) is 58.4 cm³/mol. The maximum atomic E-state index is 10.1. The van der Waals surface area contributed by atoms with E-state index in [1.807, 2.05) is 0 Å². The van der Waals surface area contributed by atoms with Gasteiger partial charge in [-0.3, -0.25) is 0 Å². The first-order valence-electron chi connectivity index (χ1n) is 4.30. The van der Waals surface area contributed by atoms with Crippen molar-refractivity contribution in [1.29, 1.82) is 0 Å². The molecule has 2 nitrogen and oxygen atoms in total. The van der Waals surface area contributed by atoms with E-state index >= 15 is 0 Å². The third-order valence-electron chi connectivity index (χ3n) is 2.08. The second-order valence-electron chi connectivity index (χ2n) is 3.08. The summed E-state index contributed by atoms with van der Waals surface area (Å²) in [5, 5.41) is 10.1. The molecule has 0 saturated carbocycles. The lowest BCUT2D eigenvalue weighted by molar-refractivity contribution is 0.105. The molecule has 0 aromatic heterocycles. The normalized spacial score (nSPS) is 14.0. The Bertz CT molecular complexity index is 378. The molecule has 14 heavy (non-hydrogen) atoms. The monoisotopic (exact) mass is 187 g/mol. The molecule has 0 aliphatic rings. The number of rotatable bonds is 3. The van der Waals surface area contributed by atoms with Gasteiger partial charge in [0.05, 0.1) is 0 Å². The second kappa shape index (κ2) is 3.99. The van der Waals surface area contributed by atoms with Crippen LogP contribution in [0, 0.1) is 12.3 Å². The van der Waals surface area contributed by atoms with Crippen molar-refractivity contribution in [1.82, 2.24) is 0 Å². The molecule has 72 valence electrons. The van der Waals surface area contributed by atoms with E-state index in [1.54, 1.807) is 30.3 Å². The number of terminal acetylenes is 1. The van der Waals surface area contributed by atoms with Crippen molar-refractivity contribution in [2.24, 2.45) is 0 Å². The lowest BCUT2D eigenvalue weighted by Crippen LogP contribution is -2.23. The fourth-order valence-corrected chi connectivity index (χ4v) is 1.33. The highest BCUT2D eigenvalue weighted by Crippen LogP contribution is 2.28. The first-order chi connectivity index (χ1) is 6.64. The van der Waals surface area contributed by atoms with Gasteiger partial charge in [-0.2, -0.15) is 0 Å². The summed E-state index contributed by atoms with van der Waals surface area (Å²) < 4.78 is 0. The molecular formula is C12H13NO. The van der Waals surface area contributed by atoms with Crippen LogP contribution in [0.5, 0.6) is 0 Å². The molecule has 0 heterocycles. The fourth-order valence-electron chi connectivity index (χ4n) is 1.33. The van der Waals surface area contributed by atoms with Gasteiger partial charge < -0.3 is 10.8 Å². The molecule has 0 radical (unpaired) electrons. The van der Waals surface area contributed by atoms with Gasteiger partial charge in [0.25, 0.3) is 0 Å². The van der Waals surface area contributed by atoms with Crippen molar-refractivity contribution < 1.29 is 5.11 Å². The number of nitrogens with two attached hydrogens (primary N) is 1. The van der Waals surface area contributed by atoms with Crippen molar-refractivity contribution in [3.63, 3.8) is 0 Å². The minimum absolute atomic E-state index is 0.289. The Morgan fingerprint density at radius 2 is 2.21 bits per heavy atom. The SMILES string of the molecule is C#CC(O)(CC=C)c1ccccc1N. The van der Waals surface area contributed by atoms with E-state index in [2.05, 4.69) is 12.5 Å². The number of para-hydroxylation sites is 1. The molecule has 0 fully saturated rings. The van der Waals surface area contributed by atoms with E-state index in [0.717, 1.165) is 0 Å². The maximum absolute atomic E-state index is 10.1. The maximum Gasteiger partial charge on any atom is 0.156 e. The third-order valence-corrected chi connectivity index (χ3v) is 2.08. The van der Waals surface area contributed by atoms with Crippen molar-refractivity contribution in [3.8, 4) is 12.3 Å². The van der Waals surface area contributed by atoms with E-state index in [4.69, 9.17) is 12.2 Å². The van der Waals surface area contributed by atoms with E-state index < -0.39 is 5.60 Å². The van der Waals surface area contributed by atoms with Gasteiger partial charge in [0.15, 0.2) is 5.60 Å². The van der Waals surface area contributed by atoms with Gasteiger partial charge in [0, 0.05) is 17.7 Å². The lowest BCUT2D eigenvalue weighted by Gasteiger charge is -2.22. The summed E-state index contributed by atoms with van der Waals surface area (Å²) in [6, 6.07) is 7.01. The van der Waals surface area contributed by atoms with Crippen LogP contribution in [-0.2, 0) is 5.60 Å². The first kappa shape index (κ1) is 10.4. The molecule has 1 aromatic carbocycles. The molecule has 1 rings (SSSR count). The van der Waals surface area contributed by atoms with Crippen LogP contribution >= 0.6 is 0 Å². The van der Waals surface area contributed by atoms with E-state index in [-0.39, 0.29) is 6.42 Å². The molecule has 0 aliphatic heterocycles. The highest BCUT2D eigenvalue weighted by Gasteiger charge is 2.26. The molecule has 0 bridgehead atoms. The van der Waals surface area contributed by atoms with Crippen LogP contribution in [0.1, 0.15) is 12.0 Å². The number of nitrogen functional groups attached to an aromatic ring is 1. The van der Waals surface area contributed by atoms with Gasteiger partial charge >= 0.3 is 0 Å². The summed E-state index contributed by atoms with van der Waals surface area (Å²) >= 11 is 0. The topological polar surface area (TPSA) is 46.2 Å². The molecule has 3 N–H and O–H groups in total. The smallest absolute Gasteiger partial charge is 0.156 e. The minimum atomic E-state index is -1.34. The van der Waals surface area contributed by atoms with Gasteiger partial charge in [0.2, 0.25) is 0 Å². The van der Waals surface area contributed by atoms with Gasteiger partial charge in [-0.15, -0.1) is 13.0 Å². The summed E-state index contributed by atoms with van der Waals surface area (Å²) in [7, 11) is 0. The molecule has 0 saturated heterocycles. The summed E-state index contributed by atoms with van der Waals surface area (Å²) in [6.07, 6.45) is 7.16. The Kier molecular flexibility index (Phi) is 2.95. The average molecular weight is 187 g/mol. The van der Waals surface area contributed by atoms with E-state index in [1.165, 1.54) is 0 Å².